The Kier molecular flexibility index (Phi) is 5.54. The van der Waals surface area contributed by atoms with Crippen molar-refractivity contribution < 1.29 is 24.3 Å². The molecule has 0 unspecified atom stereocenters. The molecule has 176 valence electrons. The van der Waals surface area contributed by atoms with Gasteiger partial charge in [0.25, 0.3) is 0 Å². The summed E-state index contributed by atoms with van der Waals surface area (Å²) < 4.78 is 0. The zero-order valence-electron chi connectivity index (χ0n) is 18.7. The minimum Gasteiger partial charge on any atom is -0.478 e. The zero-order valence-corrected chi connectivity index (χ0v) is 18.7. The number of anilines is 5. The second-order valence-corrected chi connectivity index (χ2v) is 8.18. The van der Waals surface area contributed by atoms with Crippen molar-refractivity contribution in [2.75, 3.05) is 16.4 Å². The predicted molar refractivity (Wildman–Crippen MR) is 136 cm³/mol. The Morgan fingerprint density at radius 3 is 2.00 bits per heavy atom. The molecule has 5 rings (SSSR count). The second-order valence-electron chi connectivity index (χ2n) is 8.18. The number of nitrogens with two attached hydrogens (primary N) is 1. The third kappa shape index (κ3) is 3.76. The van der Waals surface area contributed by atoms with Crippen molar-refractivity contribution in [2.24, 2.45) is 0 Å². The molecule has 0 bridgehead atoms. The number of carboxylic acids is 1. The van der Waals surface area contributed by atoms with E-state index in [9.17, 15) is 24.3 Å². The molecule has 8 heteroatoms. The first-order chi connectivity index (χ1) is 17.4. The van der Waals surface area contributed by atoms with E-state index in [-0.39, 0.29) is 44.8 Å². The number of nitrogens with one attached hydrogen (secondary N) is 2. The van der Waals surface area contributed by atoms with Crippen LogP contribution in [0.1, 0.15) is 52.6 Å². The summed E-state index contributed by atoms with van der Waals surface area (Å²) in [6.45, 7) is 0. The van der Waals surface area contributed by atoms with Crippen molar-refractivity contribution in [1.82, 2.24) is 0 Å². The van der Waals surface area contributed by atoms with Gasteiger partial charge < -0.3 is 21.5 Å². The van der Waals surface area contributed by atoms with E-state index in [1.807, 2.05) is 18.2 Å². The summed E-state index contributed by atoms with van der Waals surface area (Å²) in [5.74, 6) is -2.05. The molecule has 1 aliphatic carbocycles. The van der Waals surface area contributed by atoms with Crippen molar-refractivity contribution in [1.29, 1.82) is 0 Å². The Bertz CT molecular complexity index is 1580. The predicted octanol–water partition coefficient (Wildman–Crippen LogP) is 5.04. The van der Waals surface area contributed by atoms with Crippen LogP contribution in [-0.4, -0.2) is 28.9 Å². The fourth-order valence-corrected chi connectivity index (χ4v) is 4.28. The van der Waals surface area contributed by atoms with Crippen LogP contribution in [-0.2, 0) is 0 Å². The van der Waals surface area contributed by atoms with E-state index in [1.165, 1.54) is 18.2 Å². The van der Waals surface area contributed by atoms with Crippen molar-refractivity contribution in [3.63, 3.8) is 0 Å². The first-order valence-corrected chi connectivity index (χ1v) is 11.0. The lowest BCUT2D eigenvalue weighted by molar-refractivity contribution is 0.0697. The van der Waals surface area contributed by atoms with Crippen LogP contribution in [0.5, 0.6) is 0 Å². The van der Waals surface area contributed by atoms with Crippen molar-refractivity contribution in [3.8, 4) is 0 Å². The van der Waals surface area contributed by atoms with E-state index in [4.69, 9.17) is 5.73 Å². The molecule has 0 amide bonds. The number of fused-ring (bicyclic) bond motifs is 2. The number of carbonyl (C=O) groups is 4. The quantitative estimate of drug-likeness (QED) is 0.197. The normalized spacial score (nSPS) is 11.9. The zero-order chi connectivity index (χ0) is 25.4. The van der Waals surface area contributed by atoms with E-state index in [0.29, 0.717) is 23.3 Å². The average molecular weight is 477 g/mol. The largest absolute Gasteiger partial charge is 0.478 e. The third-order valence-electron chi connectivity index (χ3n) is 5.98. The highest BCUT2D eigenvalue weighted by Crippen LogP contribution is 2.38. The van der Waals surface area contributed by atoms with Gasteiger partial charge in [0, 0.05) is 28.1 Å². The lowest BCUT2D eigenvalue weighted by atomic mass is 9.81. The SMILES string of the molecule is Nc1c(C=O)cc(Nc2ccc(Nc3ccccc3)c(C(=O)O)c2)c2c1C(=O)c1ccccc1C2=O. The molecule has 1 aliphatic rings. The molecule has 4 aromatic rings. The number of benzene rings is 4. The van der Waals surface area contributed by atoms with Gasteiger partial charge >= 0.3 is 5.97 Å². The van der Waals surface area contributed by atoms with E-state index in [2.05, 4.69) is 10.6 Å². The van der Waals surface area contributed by atoms with Gasteiger partial charge in [-0.2, -0.15) is 0 Å². The third-order valence-corrected chi connectivity index (χ3v) is 5.98. The number of hydrogen-bond donors (Lipinski definition) is 4. The van der Waals surface area contributed by atoms with Crippen LogP contribution < -0.4 is 16.4 Å². The summed E-state index contributed by atoms with van der Waals surface area (Å²) in [6, 6.07) is 21.5. The van der Waals surface area contributed by atoms with Crippen LogP contribution in [0.3, 0.4) is 0 Å². The Morgan fingerprint density at radius 2 is 1.36 bits per heavy atom. The number of hydrogen-bond acceptors (Lipinski definition) is 7. The average Bonchev–Trinajstić information content (AvgIpc) is 2.89. The molecule has 0 aliphatic heterocycles. The molecule has 0 atom stereocenters. The standard InChI is InChI=1S/C28H19N3O5/c29-25-15(14-32)12-22(23-24(25)27(34)19-9-5-4-8-18(19)26(23)33)31-17-10-11-21(20(13-17)28(35)36)30-16-6-2-1-3-7-16/h1-14,30-31H,29H2,(H,35,36). The van der Waals surface area contributed by atoms with Crippen molar-refractivity contribution in [3.05, 3.63) is 112 Å². The van der Waals surface area contributed by atoms with E-state index < -0.39 is 17.5 Å². The maximum Gasteiger partial charge on any atom is 0.337 e. The summed E-state index contributed by atoms with van der Waals surface area (Å²) in [6.07, 6.45) is 0.509. The lowest BCUT2D eigenvalue weighted by Crippen LogP contribution is -2.24. The fraction of sp³-hybridized carbons (Fsp3) is 0. The van der Waals surface area contributed by atoms with Crippen LogP contribution in [0, 0.1) is 0 Å². The molecule has 0 heterocycles. The highest BCUT2D eigenvalue weighted by Gasteiger charge is 2.34. The smallest absolute Gasteiger partial charge is 0.337 e. The highest BCUT2D eigenvalue weighted by atomic mass is 16.4. The summed E-state index contributed by atoms with van der Waals surface area (Å²) in [5, 5.41) is 15.9. The van der Waals surface area contributed by atoms with Crippen LogP contribution >= 0.6 is 0 Å². The van der Waals surface area contributed by atoms with Gasteiger partial charge in [-0.15, -0.1) is 0 Å². The number of carbonyl (C=O) groups excluding carboxylic acids is 3. The van der Waals surface area contributed by atoms with Gasteiger partial charge in [0.2, 0.25) is 0 Å². The van der Waals surface area contributed by atoms with Gasteiger partial charge in [-0.1, -0.05) is 42.5 Å². The molecule has 0 aromatic heterocycles. The maximum absolute atomic E-state index is 13.4. The Balaban J connectivity index is 1.60. The molecule has 0 spiro atoms. The first kappa shape index (κ1) is 22.5. The van der Waals surface area contributed by atoms with Gasteiger partial charge in [-0.3, -0.25) is 14.4 Å². The molecule has 0 fully saturated rings. The topological polar surface area (TPSA) is 139 Å². The molecule has 0 saturated carbocycles. The number of carboxylic acid groups (broad SMARTS) is 1. The molecule has 36 heavy (non-hydrogen) atoms. The number of nitrogen functional groups attached to an aromatic ring is 1. The minimum atomic E-state index is -1.16. The second kappa shape index (κ2) is 8.84. The van der Waals surface area contributed by atoms with Gasteiger partial charge in [0.1, 0.15) is 0 Å². The first-order valence-electron chi connectivity index (χ1n) is 11.0. The Hall–Kier alpha value is -5.24. The Morgan fingerprint density at radius 1 is 0.750 bits per heavy atom. The van der Waals surface area contributed by atoms with Gasteiger partial charge in [0.15, 0.2) is 17.9 Å². The summed E-state index contributed by atoms with van der Waals surface area (Å²) in [4.78, 5) is 50.4. The Labute approximate surface area is 205 Å². The number of para-hydroxylation sites is 1. The van der Waals surface area contributed by atoms with E-state index >= 15 is 0 Å². The van der Waals surface area contributed by atoms with Gasteiger partial charge in [0.05, 0.1) is 33.8 Å². The molecular formula is C28H19N3O5. The number of ketones is 2. The van der Waals surface area contributed by atoms with Crippen molar-refractivity contribution in [2.45, 2.75) is 0 Å². The van der Waals surface area contributed by atoms with Crippen LogP contribution in [0.15, 0.2) is 78.9 Å². The lowest BCUT2D eigenvalue weighted by Gasteiger charge is -2.23. The maximum atomic E-state index is 13.4. The molecule has 4 aromatic carbocycles. The molecule has 0 saturated heterocycles. The van der Waals surface area contributed by atoms with Crippen LogP contribution in [0.4, 0.5) is 28.4 Å². The van der Waals surface area contributed by atoms with Crippen LogP contribution in [0.2, 0.25) is 0 Å². The highest BCUT2D eigenvalue weighted by molar-refractivity contribution is 6.32. The number of rotatable bonds is 6. The minimum absolute atomic E-state index is 0.0171. The molecule has 0 radical (unpaired) electrons. The molecule has 8 nitrogen and oxygen atoms in total. The van der Waals surface area contributed by atoms with Gasteiger partial charge in [-0.25, -0.2) is 4.79 Å². The fourth-order valence-electron chi connectivity index (χ4n) is 4.28. The summed E-state index contributed by atoms with van der Waals surface area (Å²) in [7, 11) is 0. The van der Waals surface area contributed by atoms with E-state index in [1.54, 1.807) is 42.5 Å². The van der Waals surface area contributed by atoms with Crippen molar-refractivity contribution >= 4 is 52.3 Å². The van der Waals surface area contributed by atoms with E-state index in [0.717, 1.165) is 0 Å². The van der Waals surface area contributed by atoms with Gasteiger partial charge in [-0.05, 0) is 36.4 Å². The van der Waals surface area contributed by atoms with Crippen LogP contribution in [0.25, 0.3) is 0 Å². The molecular weight excluding hydrogens is 458 g/mol. The summed E-state index contributed by atoms with van der Waals surface area (Å²) >= 11 is 0. The number of aldehydes is 1. The monoisotopic (exact) mass is 477 g/mol. The number of aromatic carboxylic acids is 1. The molecule has 5 N–H and O–H groups in total. The summed E-state index contributed by atoms with van der Waals surface area (Å²) in [5.41, 5.74) is 8.09.